The molecule has 1 heterocycles. The highest BCUT2D eigenvalue weighted by Crippen LogP contribution is 2.40. The second-order valence-electron chi connectivity index (χ2n) is 11.1. The smallest absolute Gasteiger partial charge is 0.309 e. The normalized spacial score (nSPS) is 22.6. The SMILES string of the molecule is CCOC(=O)C1CCN(Cc2c(O[C@H]3CC[C@H](C(C)(C)C)CC3)cc(I)c3ccccc23)CC1. The Balaban J connectivity index is 1.51. The largest absolute Gasteiger partial charge is 0.490 e. The Bertz CT molecular complexity index is 983. The van der Waals surface area contributed by atoms with Crippen LogP contribution in [-0.2, 0) is 16.1 Å². The lowest BCUT2D eigenvalue weighted by atomic mass is 9.72. The number of carbonyl (C=O) groups is 1. The summed E-state index contributed by atoms with van der Waals surface area (Å²) in [6.07, 6.45) is 6.79. The van der Waals surface area contributed by atoms with E-state index in [-0.39, 0.29) is 11.9 Å². The molecule has 2 aliphatic rings. The van der Waals surface area contributed by atoms with Gasteiger partial charge in [0.1, 0.15) is 5.75 Å². The van der Waals surface area contributed by atoms with Crippen LogP contribution in [0.25, 0.3) is 10.8 Å². The van der Waals surface area contributed by atoms with Crippen molar-refractivity contribution < 1.29 is 14.3 Å². The molecule has 1 aliphatic heterocycles. The molecule has 2 fully saturated rings. The molecule has 0 aromatic heterocycles. The van der Waals surface area contributed by atoms with E-state index < -0.39 is 0 Å². The highest BCUT2D eigenvalue weighted by atomic mass is 127. The summed E-state index contributed by atoms with van der Waals surface area (Å²) < 4.78 is 13.3. The first-order valence-electron chi connectivity index (χ1n) is 13.0. The summed E-state index contributed by atoms with van der Waals surface area (Å²) in [5.41, 5.74) is 1.67. The fraction of sp³-hybridized carbons (Fsp3) is 0.621. The monoisotopic (exact) mass is 577 g/mol. The average Bonchev–Trinajstić information content (AvgIpc) is 2.82. The van der Waals surface area contributed by atoms with Gasteiger partial charge in [0.25, 0.3) is 0 Å². The van der Waals surface area contributed by atoms with Gasteiger partial charge in [0, 0.05) is 15.7 Å². The fourth-order valence-electron chi connectivity index (χ4n) is 5.67. The number of hydrogen-bond acceptors (Lipinski definition) is 4. The van der Waals surface area contributed by atoms with Crippen LogP contribution in [-0.4, -0.2) is 36.7 Å². The number of carbonyl (C=O) groups excluding carboxylic acids is 1. The molecular weight excluding hydrogens is 537 g/mol. The summed E-state index contributed by atoms with van der Waals surface area (Å²) >= 11 is 2.45. The molecule has 1 saturated carbocycles. The fourth-order valence-corrected chi connectivity index (χ4v) is 6.43. The molecule has 0 amide bonds. The number of piperidine rings is 1. The molecule has 186 valence electrons. The number of rotatable bonds is 6. The number of halogens is 1. The molecule has 1 aliphatic carbocycles. The molecule has 4 nitrogen and oxygen atoms in total. The number of ether oxygens (including phenoxy) is 2. The third kappa shape index (κ3) is 6.07. The van der Waals surface area contributed by atoms with Crippen LogP contribution in [0.2, 0.25) is 0 Å². The van der Waals surface area contributed by atoms with Gasteiger partial charge < -0.3 is 9.47 Å². The number of fused-ring (bicyclic) bond motifs is 1. The Morgan fingerprint density at radius 2 is 1.68 bits per heavy atom. The Hall–Kier alpha value is -1.34. The van der Waals surface area contributed by atoms with E-state index in [1.54, 1.807) is 0 Å². The highest BCUT2D eigenvalue weighted by molar-refractivity contribution is 14.1. The zero-order valence-corrected chi connectivity index (χ0v) is 23.4. The predicted octanol–water partition coefficient (Wildman–Crippen LogP) is 7.20. The van der Waals surface area contributed by atoms with E-state index >= 15 is 0 Å². The Morgan fingerprint density at radius 1 is 1.03 bits per heavy atom. The first kappa shape index (κ1) is 25.7. The van der Waals surface area contributed by atoms with Crippen LogP contribution >= 0.6 is 22.6 Å². The quantitative estimate of drug-likeness (QED) is 0.269. The number of hydrogen-bond donors (Lipinski definition) is 0. The Morgan fingerprint density at radius 3 is 2.29 bits per heavy atom. The lowest BCUT2D eigenvalue weighted by Crippen LogP contribution is -2.36. The van der Waals surface area contributed by atoms with Crippen LogP contribution in [0.15, 0.2) is 30.3 Å². The Kier molecular flexibility index (Phi) is 8.44. The van der Waals surface area contributed by atoms with Gasteiger partial charge in [-0.3, -0.25) is 9.69 Å². The highest BCUT2D eigenvalue weighted by Gasteiger charge is 2.31. The van der Waals surface area contributed by atoms with E-state index in [9.17, 15) is 4.79 Å². The minimum absolute atomic E-state index is 0.0308. The van der Waals surface area contributed by atoms with Gasteiger partial charge in [-0.25, -0.2) is 0 Å². The van der Waals surface area contributed by atoms with Crippen LogP contribution in [0, 0.1) is 20.8 Å². The van der Waals surface area contributed by atoms with Crippen molar-refractivity contribution in [1.29, 1.82) is 0 Å². The van der Waals surface area contributed by atoms with Crippen LogP contribution in [0.4, 0.5) is 0 Å². The topological polar surface area (TPSA) is 38.8 Å². The molecule has 0 atom stereocenters. The third-order valence-electron chi connectivity index (χ3n) is 7.85. The van der Waals surface area contributed by atoms with Crippen LogP contribution in [0.1, 0.15) is 71.8 Å². The molecule has 0 bridgehead atoms. The van der Waals surface area contributed by atoms with Crippen molar-refractivity contribution in [2.45, 2.75) is 78.9 Å². The van der Waals surface area contributed by atoms with Gasteiger partial charge in [0.05, 0.1) is 18.6 Å². The van der Waals surface area contributed by atoms with Crippen molar-refractivity contribution >= 4 is 39.3 Å². The van der Waals surface area contributed by atoms with Crippen molar-refractivity contribution in [3.05, 3.63) is 39.5 Å². The van der Waals surface area contributed by atoms with Gasteiger partial charge in [-0.2, -0.15) is 0 Å². The summed E-state index contributed by atoms with van der Waals surface area (Å²) in [7, 11) is 0. The summed E-state index contributed by atoms with van der Waals surface area (Å²) in [6.45, 7) is 12.1. The number of benzene rings is 2. The molecule has 2 aromatic carbocycles. The van der Waals surface area contributed by atoms with Crippen LogP contribution in [0.5, 0.6) is 5.75 Å². The number of nitrogens with zero attached hydrogens (tertiary/aromatic N) is 1. The summed E-state index contributed by atoms with van der Waals surface area (Å²) in [6, 6.07) is 11.0. The molecular formula is C29H40INO3. The second kappa shape index (κ2) is 11.2. The first-order chi connectivity index (χ1) is 16.3. The van der Waals surface area contributed by atoms with Gasteiger partial charge in [0.2, 0.25) is 0 Å². The first-order valence-corrected chi connectivity index (χ1v) is 14.1. The van der Waals surface area contributed by atoms with Gasteiger partial charge in [0.15, 0.2) is 0 Å². The molecule has 0 unspecified atom stereocenters. The number of likely N-dealkylation sites (tertiary alicyclic amines) is 1. The third-order valence-corrected chi connectivity index (χ3v) is 8.74. The molecule has 4 rings (SSSR count). The van der Waals surface area contributed by atoms with Crippen LogP contribution < -0.4 is 4.74 Å². The van der Waals surface area contributed by atoms with Gasteiger partial charge in [-0.15, -0.1) is 0 Å². The van der Waals surface area contributed by atoms with Crippen molar-refractivity contribution in [2.24, 2.45) is 17.3 Å². The van der Waals surface area contributed by atoms with E-state index in [2.05, 4.69) is 78.6 Å². The summed E-state index contributed by atoms with van der Waals surface area (Å²) in [5.74, 6) is 1.84. The predicted molar refractivity (Wildman–Crippen MR) is 147 cm³/mol. The summed E-state index contributed by atoms with van der Waals surface area (Å²) in [5, 5.41) is 2.59. The molecule has 0 radical (unpaired) electrons. The molecule has 2 aromatic rings. The minimum Gasteiger partial charge on any atom is -0.490 e. The van der Waals surface area contributed by atoms with Gasteiger partial charge in [-0.1, -0.05) is 45.0 Å². The minimum atomic E-state index is -0.0308. The molecule has 5 heteroatoms. The van der Waals surface area contributed by atoms with Gasteiger partial charge in [-0.05, 0) is 109 Å². The van der Waals surface area contributed by atoms with E-state index in [0.717, 1.165) is 57.0 Å². The molecule has 0 N–H and O–H groups in total. The zero-order chi connectivity index (χ0) is 24.3. The van der Waals surface area contributed by atoms with E-state index in [1.165, 1.54) is 32.7 Å². The maximum atomic E-state index is 12.2. The van der Waals surface area contributed by atoms with Gasteiger partial charge >= 0.3 is 5.97 Å². The maximum absolute atomic E-state index is 12.2. The maximum Gasteiger partial charge on any atom is 0.309 e. The van der Waals surface area contributed by atoms with Crippen molar-refractivity contribution in [3.8, 4) is 5.75 Å². The standard InChI is InChI=1S/C29H40INO3/c1-5-33-28(32)20-14-16-31(17-15-20)19-25-23-8-6-7-9-24(23)26(30)18-27(25)34-22-12-10-21(11-13-22)29(2,3)4/h6-9,18,20-22H,5,10-17,19H2,1-4H3/t21-,22-. The van der Waals surface area contributed by atoms with E-state index in [4.69, 9.17) is 9.47 Å². The van der Waals surface area contributed by atoms with E-state index in [1.807, 2.05) is 6.92 Å². The number of esters is 1. The lowest BCUT2D eigenvalue weighted by molar-refractivity contribution is -0.149. The molecule has 34 heavy (non-hydrogen) atoms. The van der Waals surface area contributed by atoms with Crippen molar-refractivity contribution in [2.75, 3.05) is 19.7 Å². The average molecular weight is 578 g/mol. The molecule has 0 spiro atoms. The van der Waals surface area contributed by atoms with Crippen molar-refractivity contribution in [1.82, 2.24) is 4.90 Å². The summed E-state index contributed by atoms with van der Waals surface area (Å²) in [4.78, 5) is 14.7. The Labute approximate surface area is 218 Å². The second-order valence-corrected chi connectivity index (χ2v) is 12.3. The lowest BCUT2D eigenvalue weighted by Gasteiger charge is -2.37. The zero-order valence-electron chi connectivity index (χ0n) is 21.2. The van der Waals surface area contributed by atoms with Crippen LogP contribution in [0.3, 0.4) is 0 Å². The van der Waals surface area contributed by atoms with E-state index in [0.29, 0.717) is 18.1 Å². The molecule has 1 saturated heterocycles. The van der Waals surface area contributed by atoms with Crippen molar-refractivity contribution in [3.63, 3.8) is 0 Å².